The monoisotopic (exact) mass is 215 g/mol. The van der Waals surface area contributed by atoms with Crippen LogP contribution in [0.1, 0.15) is 13.3 Å². The summed E-state index contributed by atoms with van der Waals surface area (Å²) >= 11 is 0.932. The number of fused-ring (bicyclic) bond motifs is 1. The number of nitrogens with zero attached hydrogens (tertiary/aromatic N) is 2. The summed E-state index contributed by atoms with van der Waals surface area (Å²) in [4.78, 5) is 14.0. The number of hydrogen-bond acceptors (Lipinski definition) is 5. The van der Waals surface area contributed by atoms with Crippen LogP contribution in [0.3, 0.4) is 0 Å². The van der Waals surface area contributed by atoms with Gasteiger partial charge in [0.15, 0.2) is 5.60 Å². The van der Waals surface area contributed by atoms with Crippen LogP contribution in [-0.2, 0) is 9.47 Å². The summed E-state index contributed by atoms with van der Waals surface area (Å²) in [6.45, 7) is 8.17. The van der Waals surface area contributed by atoms with Crippen LogP contribution in [0, 0.1) is 11.5 Å². The van der Waals surface area contributed by atoms with Crippen molar-refractivity contribution in [1.29, 1.82) is 0 Å². The predicted octanol–water partition coefficient (Wildman–Crippen LogP) is 1.64. The molecule has 1 unspecified atom stereocenters. The van der Waals surface area contributed by atoms with Gasteiger partial charge in [-0.05, 0) is 11.8 Å². The Labute approximate surface area is 86.1 Å². The first-order valence-corrected chi connectivity index (χ1v) is 5.21. The normalized spacial score (nSPS) is 45.9. The Morgan fingerprint density at radius 3 is 3.07 bits per heavy atom. The fraction of sp³-hybridized carbons (Fsp3) is 0.875. The Morgan fingerprint density at radius 2 is 2.43 bits per heavy atom. The SMILES string of the molecule is C#[N+][C@@]12CCO[C@]1(C)C(SN=O)CO2. The van der Waals surface area contributed by atoms with Gasteiger partial charge in [0.25, 0.3) is 6.57 Å². The van der Waals surface area contributed by atoms with Gasteiger partial charge >= 0.3 is 5.72 Å². The molecular weight excluding hydrogens is 204 g/mol. The zero-order valence-corrected chi connectivity index (χ0v) is 8.62. The molecule has 0 amide bonds. The van der Waals surface area contributed by atoms with E-state index in [0.717, 1.165) is 11.9 Å². The van der Waals surface area contributed by atoms with Gasteiger partial charge in [-0.15, -0.1) is 4.91 Å². The maximum absolute atomic E-state index is 10.2. The van der Waals surface area contributed by atoms with E-state index in [1.807, 2.05) is 6.92 Å². The first-order chi connectivity index (χ1) is 6.68. The van der Waals surface area contributed by atoms with Gasteiger partial charge in [-0.2, -0.15) is 0 Å². The molecule has 0 bridgehead atoms. The lowest BCUT2D eigenvalue weighted by Crippen LogP contribution is -2.47. The van der Waals surface area contributed by atoms with Crippen LogP contribution in [0.25, 0.3) is 4.85 Å². The lowest BCUT2D eigenvalue weighted by molar-refractivity contribution is -0.0463. The molecule has 2 saturated heterocycles. The van der Waals surface area contributed by atoms with Crippen molar-refractivity contribution in [2.24, 2.45) is 4.58 Å². The van der Waals surface area contributed by atoms with Crippen LogP contribution in [0.4, 0.5) is 0 Å². The Kier molecular flexibility index (Phi) is 2.26. The fourth-order valence-corrected chi connectivity index (χ4v) is 2.79. The minimum atomic E-state index is -0.782. The molecule has 0 saturated carbocycles. The summed E-state index contributed by atoms with van der Waals surface area (Å²) < 4.78 is 14.0. The number of rotatable bonds is 2. The molecular formula is C8H11N2O3S+. The van der Waals surface area contributed by atoms with Gasteiger partial charge in [-0.3, -0.25) is 0 Å². The van der Waals surface area contributed by atoms with Crippen molar-refractivity contribution in [3.63, 3.8) is 0 Å². The van der Waals surface area contributed by atoms with E-state index in [2.05, 4.69) is 9.43 Å². The third-order valence-corrected chi connectivity index (χ3v) is 4.01. The molecule has 0 radical (unpaired) electrons. The molecule has 2 aliphatic rings. The standard InChI is InChI=1S/C8H11N2O3S/c1-7-6(14-10-11)5-13-8(7,9-2)3-4-12-7/h2,6H,3-5H2,1H3/q+1/t6?,7-,8-/m1/s1. The molecule has 0 N–H and O–H groups in total. The second-order valence-electron chi connectivity index (χ2n) is 3.60. The summed E-state index contributed by atoms with van der Waals surface area (Å²) in [6, 6.07) is 0. The van der Waals surface area contributed by atoms with E-state index >= 15 is 0 Å². The summed E-state index contributed by atoms with van der Waals surface area (Å²) in [7, 11) is 0. The Bertz CT molecular complexity index is 305. The molecule has 14 heavy (non-hydrogen) atoms. The van der Waals surface area contributed by atoms with Crippen LogP contribution < -0.4 is 0 Å². The van der Waals surface area contributed by atoms with Gasteiger partial charge in [0.05, 0.1) is 24.9 Å². The number of ether oxygens (including phenoxy) is 2. The van der Waals surface area contributed by atoms with Gasteiger partial charge < -0.3 is 9.47 Å². The average Bonchev–Trinajstić information content (AvgIpc) is 2.62. The molecule has 76 valence electrons. The molecule has 0 aromatic heterocycles. The second kappa shape index (κ2) is 3.19. The molecule has 6 heteroatoms. The predicted molar refractivity (Wildman–Crippen MR) is 53.1 cm³/mol. The molecule has 0 spiro atoms. The van der Waals surface area contributed by atoms with Crippen molar-refractivity contribution >= 4 is 11.9 Å². The van der Waals surface area contributed by atoms with E-state index in [-0.39, 0.29) is 5.25 Å². The van der Waals surface area contributed by atoms with Crippen LogP contribution in [-0.4, -0.2) is 29.8 Å². The second-order valence-corrected chi connectivity index (χ2v) is 4.53. The maximum Gasteiger partial charge on any atom is 0.416 e. The lowest BCUT2D eigenvalue weighted by Gasteiger charge is -2.24. The molecule has 0 aliphatic carbocycles. The zero-order valence-electron chi connectivity index (χ0n) is 7.80. The molecule has 0 aromatic carbocycles. The van der Waals surface area contributed by atoms with E-state index in [1.165, 1.54) is 0 Å². The molecule has 2 aliphatic heterocycles. The molecule has 2 heterocycles. The first kappa shape index (κ1) is 9.90. The van der Waals surface area contributed by atoms with E-state index in [0.29, 0.717) is 19.6 Å². The Balaban J connectivity index is 2.31. The van der Waals surface area contributed by atoms with Gasteiger partial charge in [-0.25, -0.2) is 0 Å². The van der Waals surface area contributed by atoms with Gasteiger partial charge in [-0.1, -0.05) is 0 Å². The van der Waals surface area contributed by atoms with Crippen LogP contribution in [0.2, 0.25) is 0 Å². The molecule has 0 aromatic rings. The van der Waals surface area contributed by atoms with Crippen molar-refractivity contribution in [2.75, 3.05) is 13.2 Å². The highest BCUT2D eigenvalue weighted by Gasteiger charge is 2.72. The fourth-order valence-electron chi connectivity index (χ4n) is 2.11. The van der Waals surface area contributed by atoms with E-state index in [1.54, 1.807) is 0 Å². The molecule has 2 rings (SSSR count). The van der Waals surface area contributed by atoms with Crippen LogP contribution in [0.5, 0.6) is 0 Å². The van der Waals surface area contributed by atoms with Crippen molar-refractivity contribution in [2.45, 2.75) is 29.9 Å². The smallest absolute Gasteiger partial charge is 0.362 e. The molecule has 5 nitrogen and oxygen atoms in total. The van der Waals surface area contributed by atoms with Crippen molar-refractivity contribution < 1.29 is 9.47 Å². The topological polar surface area (TPSA) is 52.2 Å². The molecule has 3 atom stereocenters. The highest BCUT2D eigenvalue weighted by molar-refractivity contribution is 7.98. The maximum atomic E-state index is 10.2. The van der Waals surface area contributed by atoms with E-state index in [9.17, 15) is 4.91 Å². The van der Waals surface area contributed by atoms with Gasteiger partial charge in [0.2, 0.25) is 0 Å². The zero-order chi connectivity index (χ0) is 10.2. The highest BCUT2D eigenvalue weighted by Crippen LogP contribution is 2.51. The van der Waals surface area contributed by atoms with E-state index in [4.69, 9.17) is 16.0 Å². The summed E-state index contributed by atoms with van der Waals surface area (Å²) in [6.07, 6.45) is 0.635. The van der Waals surface area contributed by atoms with Crippen molar-refractivity contribution in [3.8, 4) is 6.57 Å². The van der Waals surface area contributed by atoms with Gasteiger partial charge in [0, 0.05) is 16.5 Å². The Hall–Kier alpha value is -0.640. The van der Waals surface area contributed by atoms with Crippen LogP contribution in [0.15, 0.2) is 4.58 Å². The first-order valence-electron chi connectivity index (χ1n) is 4.37. The molecule has 2 fully saturated rings. The summed E-state index contributed by atoms with van der Waals surface area (Å²) in [5.41, 5.74) is -1.41. The Morgan fingerprint density at radius 1 is 1.64 bits per heavy atom. The highest BCUT2D eigenvalue weighted by atomic mass is 32.2. The van der Waals surface area contributed by atoms with Crippen LogP contribution >= 0.6 is 11.9 Å². The quantitative estimate of drug-likeness (QED) is 0.519. The average molecular weight is 215 g/mol. The van der Waals surface area contributed by atoms with E-state index < -0.39 is 11.3 Å². The third-order valence-electron chi connectivity index (χ3n) is 3.09. The van der Waals surface area contributed by atoms with Gasteiger partial charge in [0.1, 0.15) is 0 Å². The minimum Gasteiger partial charge on any atom is -0.362 e. The lowest BCUT2D eigenvalue weighted by atomic mass is 9.92. The van der Waals surface area contributed by atoms with Crippen molar-refractivity contribution in [3.05, 3.63) is 9.75 Å². The third kappa shape index (κ3) is 1.03. The minimum absolute atomic E-state index is 0.130. The summed E-state index contributed by atoms with van der Waals surface area (Å²) in [5, 5.41) is -0.130. The largest absolute Gasteiger partial charge is 0.416 e. The number of hydrogen-bond donors (Lipinski definition) is 0. The number of nitroso groups, excluding NO2 is 1. The summed E-state index contributed by atoms with van der Waals surface area (Å²) in [5.74, 6) is 0. The van der Waals surface area contributed by atoms with Crippen molar-refractivity contribution in [1.82, 2.24) is 0 Å².